The van der Waals surface area contributed by atoms with Crippen molar-refractivity contribution in [1.82, 2.24) is 4.90 Å². The molecule has 2 saturated heterocycles. The average Bonchev–Trinajstić information content (AvgIpc) is 3.08. The van der Waals surface area contributed by atoms with E-state index < -0.39 is 27.1 Å². The Morgan fingerprint density at radius 2 is 1.92 bits per heavy atom. The molecule has 2 atom stereocenters. The van der Waals surface area contributed by atoms with Crippen LogP contribution in [0, 0.1) is 0 Å². The van der Waals surface area contributed by atoms with E-state index >= 15 is 0 Å². The molecule has 1 N–H and O–H groups in total. The van der Waals surface area contributed by atoms with Crippen LogP contribution >= 0.6 is 11.6 Å². The largest absolute Gasteiger partial charge is 0.480 e. The molecule has 1 amide bonds. The molecule has 2 heterocycles. The topological polar surface area (TPSA) is 95.0 Å². The van der Waals surface area contributed by atoms with Gasteiger partial charge in [0.2, 0.25) is 6.41 Å². The molecular weight excluding hydrogens is 380 g/mol. The monoisotopic (exact) mass is 400 g/mol. The van der Waals surface area contributed by atoms with E-state index in [4.69, 9.17) is 11.6 Å². The average molecular weight is 401 g/mol. The van der Waals surface area contributed by atoms with E-state index in [0.717, 1.165) is 36.5 Å². The van der Waals surface area contributed by atoms with Crippen LogP contribution in [-0.2, 0) is 19.4 Å². The molecule has 1 aromatic rings. The highest BCUT2D eigenvalue weighted by atomic mass is 35.5. The van der Waals surface area contributed by atoms with Gasteiger partial charge in [0, 0.05) is 25.3 Å². The lowest BCUT2D eigenvalue weighted by molar-refractivity contribution is -0.144. The van der Waals surface area contributed by atoms with Gasteiger partial charge in [-0.2, -0.15) is 0 Å². The summed E-state index contributed by atoms with van der Waals surface area (Å²) >= 11 is 6.28. The molecule has 0 saturated carbocycles. The number of likely N-dealkylation sites (tertiary alicyclic amines) is 1. The number of nitrogens with zero attached hydrogens (tertiary/aromatic N) is 2. The number of hydrogen-bond acceptors (Lipinski definition) is 5. The molecule has 0 unspecified atom stereocenters. The van der Waals surface area contributed by atoms with Gasteiger partial charge in [0.15, 0.2) is 9.84 Å². The van der Waals surface area contributed by atoms with Crippen molar-refractivity contribution in [3.05, 3.63) is 23.2 Å². The molecule has 0 spiro atoms. The Morgan fingerprint density at radius 1 is 1.23 bits per heavy atom. The van der Waals surface area contributed by atoms with Gasteiger partial charge in [-0.25, -0.2) is 13.2 Å². The molecule has 7 nitrogen and oxygen atoms in total. The SMILES string of the molecule is O=CN1C[C@H](S(=O)(=O)c2ccc(N3CCCCC3)cc2Cl)C[C@H]1C(=O)O. The predicted octanol–water partition coefficient (Wildman–Crippen LogP) is 1.79. The summed E-state index contributed by atoms with van der Waals surface area (Å²) in [7, 11) is -3.84. The minimum absolute atomic E-state index is 0.0122. The minimum atomic E-state index is -3.84. The number of carbonyl (C=O) groups excluding carboxylic acids is 1. The highest BCUT2D eigenvalue weighted by Gasteiger charge is 2.43. The van der Waals surface area contributed by atoms with Gasteiger partial charge >= 0.3 is 5.97 Å². The molecule has 1 aromatic carbocycles. The predicted molar refractivity (Wildman–Crippen MR) is 97.3 cm³/mol. The molecule has 2 aliphatic heterocycles. The third kappa shape index (κ3) is 3.53. The van der Waals surface area contributed by atoms with Crippen LogP contribution in [0.3, 0.4) is 0 Å². The maximum Gasteiger partial charge on any atom is 0.326 e. The summed E-state index contributed by atoms with van der Waals surface area (Å²) in [5.74, 6) is -1.21. The van der Waals surface area contributed by atoms with Gasteiger partial charge in [0.1, 0.15) is 6.04 Å². The molecule has 2 fully saturated rings. The van der Waals surface area contributed by atoms with Crippen molar-refractivity contribution < 1.29 is 23.1 Å². The third-order valence-electron chi connectivity index (χ3n) is 5.10. The number of anilines is 1. The molecule has 26 heavy (non-hydrogen) atoms. The highest BCUT2D eigenvalue weighted by molar-refractivity contribution is 7.92. The van der Waals surface area contributed by atoms with Crippen LogP contribution in [0.4, 0.5) is 5.69 Å². The Hall–Kier alpha value is -1.80. The number of aliphatic carboxylic acids is 1. The van der Waals surface area contributed by atoms with Crippen LogP contribution < -0.4 is 4.90 Å². The molecule has 9 heteroatoms. The van der Waals surface area contributed by atoms with E-state index in [1.54, 1.807) is 12.1 Å². The fourth-order valence-electron chi connectivity index (χ4n) is 3.65. The zero-order chi connectivity index (χ0) is 18.9. The zero-order valence-corrected chi connectivity index (χ0v) is 15.7. The Morgan fingerprint density at radius 3 is 2.46 bits per heavy atom. The first kappa shape index (κ1) is 19.0. The van der Waals surface area contributed by atoms with Gasteiger partial charge in [-0.1, -0.05) is 11.6 Å². The van der Waals surface area contributed by atoms with Crippen molar-refractivity contribution in [3.63, 3.8) is 0 Å². The summed E-state index contributed by atoms with van der Waals surface area (Å²) in [5.41, 5.74) is 0.887. The number of hydrogen-bond donors (Lipinski definition) is 1. The van der Waals surface area contributed by atoms with Crippen molar-refractivity contribution in [2.45, 2.75) is 41.9 Å². The van der Waals surface area contributed by atoms with Crippen LogP contribution in [0.15, 0.2) is 23.1 Å². The standard InChI is InChI=1S/C17H21ClN2O5S/c18-14-8-12(19-6-2-1-3-7-19)4-5-16(14)26(24,25)13-9-15(17(22)23)20(10-13)11-21/h4-5,8,11,13,15H,1-3,6-7,9-10H2,(H,22,23)/t13-,15+/m1/s1. The summed E-state index contributed by atoms with van der Waals surface area (Å²) in [6, 6.07) is 3.76. The second kappa shape index (κ2) is 7.44. The Balaban J connectivity index is 1.85. The first-order valence-electron chi connectivity index (χ1n) is 8.57. The molecule has 142 valence electrons. The van der Waals surface area contributed by atoms with Crippen molar-refractivity contribution in [2.24, 2.45) is 0 Å². The first-order valence-corrected chi connectivity index (χ1v) is 10.5. The van der Waals surface area contributed by atoms with Crippen LogP contribution in [0.2, 0.25) is 5.02 Å². The lowest BCUT2D eigenvalue weighted by atomic mass is 10.1. The summed E-state index contributed by atoms with van der Waals surface area (Å²) in [6.45, 7) is 1.69. The van der Waals surface area contributed by atoms with E-state index in [-0.39, 0.29) is 22.9 Å². The maximum absolute atomic E-state index is 12.9. The Kier molecular flexibility index (Phi) is 5.43. The number of rotatable bonds is 5. The van der Waals surface area contributed by atoms with E-state index in [0.29, 0.717) is 6.41 Å². The van der Waals surface area contributed by atoms with Gasteiger partial charge in [0.25, 0.3) is 0 Å². The summed E-state index contributed by atoms with van der Waals surface area (Å²) in [5, 5.41) is 8.33. The lowest BCUT2D eigenvalue weighted by Crippen LogP contribution is -2.34. The normalized spacial score (nSPS) is 23.9. The number of sulfone groups is 1. The van der Waals surface area contributed by atoms with Crippen LogP contribution in [0.5, 0.6) is 0 Å². The molecule has 2 aliphatic rings. The lowest BCUT2D eigenvalue weighted by Gasteiger charge is -2.29. The Labute approximate surface area is 157 Å². The second-order valence-corrected chi connectivity index (χ2v) is 9.33. The third-order valence-corrected chi connectivity index (χ3v) is 7.72. The maximum atomic E-state index is 12.9. The van der Waals surface area contributed by atoms with Gasteiger partial charge in [-0.05, 0) is 43.9 Å². The summed E-state index contributed by atoms with van der Waals surface area (Å²) in [4.78, 5) is 25.5. The fourth-order valence-corrected chi connectivity index (χ4v) is 5.90. The van der Waals surface area contributed by atoms with E-state index in [1.165, 1.54) is 12.5 Å². The van der Waals surface area contributed by atoms with Gasteiger partial charge in [-0.3, -0.25) is 4.79 Å². The highest BCUT2D eigenvalue weighted by Crippen LogP contribution is 2.34. The van der Waals surface area contributed by atoms with Crippen molar-refractivity contribution in [2.75, 3.05) is 24.5 Å². The smallest absolute Gasteiger partial charge is 0.326 e. The second-order valence-electron chi connectivity index (χ2n) is 6.72. The van der Waals surface area contributed by atoms with E-state index in [9.17, 15) is 23.1 Å². The molecule has 0 aromatic heterocycles. The van der Waals surface area contributed by atoms with E-state index in [2.05, 4.69) is 4.90 Å². The fraction of sp³-hybridized carbons (Fsp3) is 0.529. The number of piperidine rings is 1. The zero-order valence-electron chi connectivity index (χ0n) is 14.2. The van der Waals surface area contributed by atoms with E-state index in [1.807, 2.05) is 0 Å². The van der Waals surface area contributed by atoms with Crippen molar-refractivity contribution >= 4 is 39.5 Å². The number of amides is 1. The summed E-state index contributed by atoms with van der Waals surface area (Å²) in [6.07, 6.45) is 3.63. The molecule has 0 aliphatic carbocycles. The van der Waals surface area contributed by atoms with Gasteiger partial charge < -0.3 is 14.9 Å². The quantitative estimate of drug-likeness (QED) is 0.757. The molecule has 3 rings (SSSR count). The van der Waals surface area contributed by atoms with Gasteiger partial charge in [0.05, 0.1) is 15.2 Å². The number of carbonyl (C=O) groups is 2. The summed E-state index contributed by atoms with van der Waals surface area (Å²) < 4.78 is 25.9. The molecular formula is C17H21ClN2O5S. The number of benzene rings is 1. The van der Waals surface area contributed by atoms with Crippen molar-refractivity contribution in [1.29, 1.82) is 0 Å². The van der Waals surface area contributed by atoms with Crippen LogP contribution in [0.1, 0.15) is 25.7 Å². The molecule has 0 bridgehead atoms. The number of carboxylic acids is 1. The van der Waals surface area contributed by atoms with Crippen LogP contribution in [-0.4, -0.2) is 61.7 Å². The minimum Gasteiger partial charge on any atom is -0.480 e. The molecule has 0 radical (unpaired) electrons. The Bertz CT molecular complexity index is 807. The first-order chi connectivity index (χ1) is 12.3. The number of carboxylic acid groups (broad SMARTS) is 1. The van der Waals surface area contributed by atoms with Crippen molar-refractivity contribution in [3.8, 4) is 0 Å². The van der Waals surface area contributed by atoms with Crippen LogP contribution in [0.25, 0.3) is 0 Å². The number of halogens is 1. The van der Waals surface area contributed by atoms with Gasteiger partial charge in [-0.15, -0.1) is 0 Å².